The van der Waals surface area contributed by atoms with Crippen LogP contribution in [0.15, 0.2) is 12.7 Å². The van der Waals surface area contributed by atoms with Crippen LogP contribution in [0.4, 0.5) is 0 Å². The maximum Gasteiger partial charge on any atom is 0.330 e. The second kappa shape index (κ2) is 5.22. The second-order valence-corrected chi connectivity index (χ2v) is 1.58. The van der Waals surface area contributed by atoms with Gasteiger partial charge in [0.25, 0.3) is 0 Å². The zero-order valence-electron chi connectivity index (χ0n) is 5.43. The van der Waals surface area contributed by atoms with Crippen LogP contribution in [-0.4, -0.2) is 12.6 Å². The molecule has 0 atom stereocenters. The molecule has 0 aromatic heterocycles. The fourth-order valence-corrected chi connectivity index (χ4v) is 0.334. The number of hydrogen-bond acceptors (Lipinski definition) is 2. The molecule has 0 aliphatic rings. The summed E-state index contributed by atoms with van der Waals surface area (Å²) in [4.78, 5) is 10.3. The predicted octanol–water partition coefficient (Wildman–Crippen LogP) is 1.33. The molecule has 0 aliphatic heterocycles. The molecule has 0 bridgehead atoms. The van der Waals surface area contributed by atoms with Crippen molar-refractivity contribution in [3.05, 3.63) is 19.6 Å². The molecule has 0 fully saturated rings. The third kappa shape index (κ3) is 4.94. The Morgan fingerprint density at radius 3 is 2.89 bits per heavy atom. The number of esters is 1. The van der Waals surface area contributed by atoms with E-state index in [0.717, 1.165) is 18.9 Å². The van der Waals surface area contributed by atoms with Gasteiger partial charge in [0.2, 0.25) is 0 Å². The van der Waals surface area contributed by atoms with Crippen molar-refractivity contribution in [2.24, 2.45) is 0 Å². The Balaban J connectivity index is 3.07. The fourth-order valence-electron chi connectivity index (χ4n) is 0.334. The van der Waals surface area contributed by atoms with E-state index in [4.69, 9.17) is 0 Å². The molecule has 0 saturated carbocycles. The van der Waals surface area contributed by atoms with Gasteiger partial charge in [-0.05, 0) is 0 Å². The summed E-state index contributed by atoms with van der Waals surface area (Å²) in [6.45, 7) is 7.29. The summed E-state index contributed by atoms with van der Waals surface area (Å²) in [5.74, 6) is -0.358. The van der Waals surface area contributed by atoms with Crippen LogP contribution in [0.3, 0.4) is 0 Å². The molecule has 0 saturated heterocycles. The first-order valence-electron chi connectivity index (χ1n) is 2.89. The van der Waals surface area contributed by atoms with E-state index in [1.807, 2.05) is 0 Å². The minimum Gasteiger partial charge on any atom is -0.462 e. The Morgan fingerprint density at radius 2 is 2.44 bits per heavy atom. The third-order valence-corrected chi connectivity index (χ3v) is 0.805. The molecule has 0 N–H and O–H groups in total. The summed E-state index contributed by atoms with van der Waals surface area (Å²) in [6.07, 6.45) is 2.77. The van der Waals surface area contributed by atoms with Gasteiger partial charge in [0.05, 0.1) is 20.0 Å². The van der Waals surface area contributed by atoms with Crippen molar-refractivity contribution in [3.8, 4) is 0 Å². The lowest BCUT2D eigenvalue weighted by molar-refractivity contribution is -0.137. The van der Waals surface area contributed by atoms with E-state index >= 15 is 0 Å². The van der Waals surface area contributed by atoms with Crippen LogP contribution in [0.25, 0.3) is 0 Å². The Kier molecular flexibility index (Phi) is 4.69. The van der Waals surface area contributed by atoms with Crippen molar-refractivity contribution in [2.75, 3.05) is 6.61 Å². The highest BCUT2D eigenvalue weighted by Crippen LogP contribution is 1.87. The number of carbonyl (C=O) groups is 1. The van der Waals surface area contributed by atoms with Gasteiger partial charge in [-0.1, -0.05) is 6.58 Å². The van der Waals surface area contributed by atoms with E-state index in [2.05, 4.69) is 18.2 Å². The van der Waals surface area contributed by atoms with Crippen LogP contribution < -0.4 is 0 Å². The zero-order chi connectivity index (χ0) is 7.11. The van der Waals surface area contributed by atoms with E-state index < -0.39 is 0 Å². The normalized spacial score (nSPS) is 8.44. The summed E-state index contributed by atoms with van der Waals surface area (Å²) >= 11 is 0. The lowest BCUT2D eigenvalue weighted by Gasteiger charge is -1.95. The van der Waals surface area contributed by atoms with Crippen LogP contribution in [0.2, 0.25) is 0 Å². The maximum absolute atomic E-state index is 10.3. The molecule has 0 spiro atoms. The average Bonchev–Trinajstić information content (AvgIpc) is 1.89. The molecule has 2 nitrogen and oxygen atoms in total. The van der Waals surface area contributed by atoms with E-state index in [-0.39, 0.29) is 5.97 Å². The molecule has 0 aromatic carbocycles. The Hall–Kier alpha value is -0.920. The van der Waals surface area contributed by atoms with Crippen molar-refractivity contribution >= 4 is 5.97 Å². The van der Waals surface area contributed by atoms with Crippen LogP contribution in [0, 0.1) is 6.92 Å². The van der Waals surface area contributed by atoms with Gasteiger partial charge in [-0.25, -0.2) is 4.79 Å². The molecule has 0 amide bonds. The number of unbranched alkanes of at least 4 members (excludes halogenated alkanes) is 1. The minimum absolute atomic E-state index is 0.358. The number of ether oxygens (including phenoxy) is 1. The first-order chi connectivity index (χ1) is 4.31. The summed E-state index contributed by atoms with van der Waals surface area (Å²) < 4.78 is 4.63. The molecule has 50 valence electrons. The summed E-state index contributed by atoms with van der Waals surface area (Å²) in [5.41, 5.74) is 0. The van der Waals surface area contributed by atoms with Crippen molar-refractivity contribution in [3.63, 3.8) is 0 Å². The molecule has 0 unspecified atom stereocenters. The van der Waals surface area contributed by atoms with E-state index in [1.54, 1.807) is 0 Å². The van der Waals surface area contributed by atoms with Crippen molar-refractivity contribution in [1.29, 1.82) is 0 Å². The number of carbonyl (C=O) groups excluding carboxylic acids is 1. The monoisotopic (exact) mass is 127 g/mol. The molecule has 0 rings (SSSR count). The van der Waals surface area contributed by atoms with Crippen LogP contribution in [-0.2, 0) is 9.53 Å². The zero-order valence-corrected chi connectivity index (χ0v) is 5.43. The highest BCUT2D eigenvalue weighted by atomic mass is 16.5. The van der Waals surface area contributed by atoms with Crippen LogP contribution in [0.5, 0.6) is 0 Å². The Labute approximate surface area is 55.5 Å². The van der Waals surface area contributed by atoms with Crippen molar-refractivity contribution in [1.82, 2.24) is 0 Å². The summed E-state index contributed by atoms with van der Waals surface area (Å²) in [6, 6.07) is 0. The van der Waals surface area contributed by atoms with Gasteiger partial charge in [0.1, 0.15) is 0 Å². The maximum atomic E-state index is 10.3. The molecular formula is C7H11O2+. The molecule has 0 aliphatic carbocycles. The lowest BCUT2D eigenvalue weighted by Crippen LogP contribution is -2.00. The summed E-state index contributed by atoms with van der Waals surface area (Å²) in [7, 11) is 0. The van der Waals surface area contributed by atoms with Crippen molar-refractivity contribution in [2.45, 2.75) is 12.8 Å². The number of hydrogen-bond donors (Lipinski definition) is 0. The van der Waals surface area contributed by atoms with Gasteiger partial charge >= 0.3 is 5.97 Å². The SMILES string of the molecule is C=CC(=O)OCCC[CH2+]. The molecule has 0 heterocycles. The standard InChI is InChI=1S/C7H11O2/c1-3-5-6-9-7(8)4-2/h4H,1-3,5-6H2/q+1. The third-order valence-electron chi connectivity index (χ3n) is 0.805. The minimum atomic E-state index is -0.358. The molecule has 2 heteroatoms. The first kappa shape index (κ1) is 8.08. The van der Waals surface area contributed by atoms with Gasteiger partial charge in [-0.2, -0.15) is 0 Å². The molecular weight excluding hydrogens is 116 g/mol. The quantitative estimate of drug-likeness (QED) is 0.246. The average molecular weight is 127 g/mol. The largest absolute Gasteiger partial charge is 0.462 e. The Bertz CT molecular complexity index is 97.1. The predicted molar refractivity (Wildman–Crippen MR) is 35.7 cm³/mol. The second-order valence-electron chi connectivity index (χ2n) is 1.58. The lowest BCUT2D eigenvalue weighted by atomic mass is 10.4. The van der Waals surface area contributed by atoms with Gasteiger partial charge in [0, 0.05) is 12.5 Å². The Morgan fingerprint density at radius 1 is 1.78 bits per heavy atom. The highest BCUT2D eigenvalue weighted by Gasteiger charge is 1.93. The van der Waals surface area contributed by atoms with Gasteiger partial charge in [-0.3, -0.25) is 0 Å². The van der Waals surface area contributed by atoms with E-state index in [9.17, 15) is 4.79 Å². The van der Waals surface area contributed by atoms with Crippen LogP contribution >= 0.6 is 0 Å². The van der Waals surface area contributed by atoms with Gasteiger partial charge in [-0.15, -0.1) is 0 Å². The highest BCUT2D eigenvalue weighted by molar-refractivity contribution is 5.81. The summed E-state index contributed by atoms with van der Waals surface area (Å²) in [5, 5.41) is 0. The number of rotatable bonds is 4. The van der Waals surface area contributed by atoms with Gasteiger partial charge < -0.3 is 4.74 Å². The van der Waals surface area contributed by atoms with E-state index in [1.165, 1.54) is 0 Å². The first-order valence-corrected chi connectivity index (χ1v) is 2.89. The van der Waals surface area contributed by atoms with Crippen molar-refractivity contribution < 1.29 is 9.53 Å². The smallest absolute Gasteiger partial charge is 0.330 e. The topological polar surface area (TPSA) is 26.3 Å². The molecule has 9 heavy (non-hydrogen) atoms. The van der Waals surface area contributed by atoms with Crippen LogP contribution in [0.1, 0.15) is 12.8 Å². The fraction of sp³-hybridized carbons (Fsp3) is 0.429. The molecule has 0 radical (unpaired) electrons. The van der Waals surface area contributed by atoms with E-state index in [0.29, 0.717) is 6.61 Å². The van der Waals surface area contributed by atoms with Gasteiger partial charge in [0.15, 0.2) is 0 Å². The molecule has 0 aromatic rings.